The number of unbranched alkanes of at least 4 members (excludes halogenated alkanes) is 10. The summed E-state index contributed by atoms with van der Waals surface area (Å²) < 4.78 is 18.2. The fourth-order valence-electron chi connectivity index (χ4n) is 9.02. The van der Waals surface area contributed by atoms with E-state index in [1.54, 1.807) is 0 Å². The highest BCUT2D eigenvalue weighted by Crippen LogP contribution is 2.29. The quantitative estimate of drug-likeness (QED) is 0.0340. The van der Waals surface area contributed by atoms with Gasteiger partial charge in [-0.25, -0.2) is 0 Å². The summed E-state index contributed by atoms with van der Waals surface area (Å²) in [6.45, 7) is 5.38. The van der Waals surface area contributed by atoms with E-state index in [4.69, 9.17) is 14.2 Å². The second kappa shape index (κ2) is 38.5. The molecule has 0 N–H and O–H groups in total. The van der Waals surface area contributed by atoms with E-state index in [1.807, 2.05) is 37.6 Å². The molecule has 0 spiro atoms. The molecular formula is C51H95NO6S2. The Morgan fingerprint density at radius 3 is 1.28 bits per heavy atom. The van der Waals surface area contributed by atoms with Crippen LogP contribution in [0, 0.1) is 11.8 Å². The molecule has 2 rings (SSSR count). The van der Waals surface area contributed by atoms with Crippen LogP contribution in [0.25, 0.3) is 0 Å². The minimum atomic E-state index is -0.0514. The van der Waals surface area contributed by atoms with E-state index in [-0.39, 0.29) is 36.2 Å². The third kappa shape index (κ3) is 31.8. The maximum atomic E-state index is 12.8. The van der Waals surface area contributed by atoms with Gasteiger partial charge in [0.25, 0.3) is 0 Å². The van der Waals surface area contributed by atoms with Crippen LogP contribution < -0.4 is 0 Å². The van der Waals surface area contributed by atoms with Gasteiger partial charge >= 0.3 is 17.9 Å². The van der Waals surface area contributed by atoms with Crippen molar-refractivity contribution >= 4 is 41.4 Å². The van der Waals surface area contributed by atoms with Crippen LogP contribution in [-0.4, -0.2) is 84.8 Å². The van der Waals surface area contributed by atoms with E-state index < -0.39 is 0 Å². The zero-order chi connectivity index (χ0) is 43.3. The maximum Gasteiger partial charge on any atom is 0.306 e. The minimum absolute atomic E-state index is 0.00166. The molecular weight excluding hydrogens is 787 g/mol. The Kier molecular flexibility index (Phi) is 35.4. The van der Waals surface area contributed by atoms with Crippen LogP contribution in [0.15, 0.2) is 0 Å². The second-order valence-electron chi connectivity index (χ2n) is 18.9. The normalized spacial score (nSPS) is 16.8. The van der Waals surface area contributed by atoms with Crippen molar-refractivity contribution in [3.63, 3.8) is 0 Å². The van der Waals surface area contributed by atoms with Gasteiger partial charge in [0.2, 0.25) is 0 Å². The minimum Gasteiger partial charge on any atom is -0.462 e. The average molecular weight is 882 g/mol. The molecule has 2 aliphatic rings. The van der Waals surface area contributed by atoms with Gasteiger partial charge in [0.05, 0.1) is 0 Å². The monoisotopic (exact) mass is 882 g/mol. The van der Waals surface area contributed by atoms with Gasteiger partial charge in [-0.2, -0.15) is 23.5 Å². The predicted octanol–water partition coefficient (Wildman–Crippen LogP) is 14.3. The number of esters is 3. The van der Waals surface area contributed by atoms with E-state index in [0.717, 1.165) is 126 Å². The number of hydrogen-bond donors (Lipinski definition) is 0. The highest BCUT2D eigenvalue weighted by atomic mass is 32.2. The SMILES string of the molecule is CCCCCCC(CSCCCCCC(CCCCCSCC(CCCCCC)OC(=O)CCC1CCCCC1)OC(=O)CCCN(C)C)OC(=O)CCC1CCCCC1. The predicted molar refractivity (Wildman–Crippen MR) is 258 cm³/mol. The van der Waals surface area contributed by atoms with Crippen molar-refractivity contribution in [2.45, 2.75) is 250 Å². The average Bonchev–Trinajstić information content (AvgIpc) is 3.24. The third-order valence-corrected chi connectivity index (χ3v) is 15.2. The van der Waals surface area contributed by atoms with Crippen LogP contribution in [-0.2, 0) is 28.6 Å². The van der Waals surface area contributed by atoms with Crippen molar-refractivity contribution in [2.75, 3.05) is 43.7 Å². The first-order chi connectivity index (χ1) is 29.3. The highest BCUT2D eigenvalue weighted by Gasteiger charge is 2.21. The first kappa shape index (κ1) is 55.2. The van der Waals surface area contributed by atoms with Gasteiger partial charge in [0.15, 0.2) is 0 Å². The number of hydrogen-bond acceptors (Lipinski definition) is 9. The molecule has 0 heterocycles. The molecule has 0 aromatic rings. The van der Waals surface area contributed by atoms with Gasteiger partial charge in [-0.3, -0.25) is 14.4 Å². The summed E-state index contributed by atoms with van der Waals surface area (Å²) in [7, 11) is 4.09. The van der Waals surface area contributed by atoms with Gasteiger partial charge in [-0.05, 0) is 127 Å². The van der Waals surface area contributed by atoms with E-state index in [0.29, 0.717) is 31.1 Å². The lowest BCUT2D eigenvalue weighted by Gasteiger charge is -2.22. The lowest BCUT2D eigenvalue weighted by atomic mass is 9.86. The van der Waals surface area contributed by atoms with Crippen LogP contribution in [0.2, 0.25) is 0 Å². The Morgan fingerprint density at radius 2 is 0.867 bits per heavy atom. The molecule has 2 fully saturated rings. The van der Waals surface area contributed by atoms with Crippen LogP contribution in [0.3, 0.4) is 0 Å². The summed E-state index contributed by atoms with van der Waals surface area (Å²) in [4.78, 5) is 40.5. The number of carbonyl (C=O) groups excluding carboxylic acids is 3. The summed E-state index contributed by atoms with van der Waals surface area (Å²) in [5.74, 6) is 5.37. The summed E-state index contributed by atoms with van der Waals surface area (Å²) in [5.41, 5.74) is 0. The summed E-state index contributed by atoms with van der Waals surface area (Å²) >= 11 is 3.88. The fourth-order valence-corrected chi connectivity index (χ4v) is 11.2. The molecule has 7 nitrogen and oxygen atoms in total. The molecule has 0 aliphatic heterocycles. The third-order valence-electron chi connectivity index (χ3n) is 12.8. The standard InChI is InChI=1S/C51H95NO6S2/c1-5-7-9-19-32-47(57-50(54)37-35-44-26-15-11-16-27-44)42-59-40-23-13-21-30-46(56-49(53)34-25-39-52(3)4)31-22-14-24-41-60-43-48(33-20-10-8-6-2)58-51(55)38-36-45-28-17-12-18-29-45/h44-48H,5-43H2,1-4H3. The Hall–Kier alpha value is -0.930. The van der Waals surface area contributed by atoms with E-state index in [2.05, 4.69) is 18.7 Å². The van der Waals surface area contributed by atoms with Crippen LogP contribution in [0.5, 0.6) is 0 Å². The Balaban J connectivity index is 1.71. The molecule has 0 aromatic carbocycles. The molecule has 352 valence electrons. The Morgan fingerprint density at radius 1 is 0.483 bits per heavy atom. The maximum absolute atomic E-state index is 12.8. The van der Waals surface area contributed by atoms with Crippen molar-refractivity contribution in [1.29, 1.82) is 0 Å². The molecule has 2 unspecified atom stereocenters. The number of thioether (sulfide) groups is 2. The summed E-state index contributed by atoms with van der Waals surface area (Å²) in [6, 6.07) is 0. The molecule has 60 heavy (non-hydrogen) atoms. The molecule has 2 atom stereocenters. The first-order valence-electron chi connectivity index (χ1n) is 25.7. The van der Waals surface area contributed by atoms with Crippen molar-refractivity contribution in [3.8, 4) is 0 Å². The summed E-state index contributed by atoms with van der Waals surface area (Å²) in [5, 5.41) is 0. The van der Waals surface area contributed by atoms with Crippen LogP contribution in [0.1, 0.15) is 232 Å². The zero-order valence-corrected chi connectivity index (χ0v) is 41.3. The van der Waals surface area contributed by atoms with Gasteiger partial charge < -0.3 is 19.1 Å². The Labute approximate surface area is 379 Å². The molecule has 2 aliphatic carbocycles. The topological polar surface area (TPSA) is 82.1 Å². The molecule has 0 aromatic heterocycles. The Bertz CT molecular complexity index is 967. The van der Waals surface area contributed by atoms with Crippen LogP contribution in [0.4, 0.5) is 0 Å². The number of nitrogens with zero attached hydrogens (tertiary/aromatic N) is 1. The highest BCUT2D eigenvalue weighted by molar-refractivity contribution is 7.99. The molecule has 0 radical (unpaired) electrons. The fraction of sp³-hybridized carbons (Fsp3) is 0.941. The van der Waals surface area contributed by atoms with Gasteiger partial charge in [0.1, 0.15) is 18.3 Å². The largest absolute Gasteiger partial charge is 0.462 e. The van der Waals surface area contributed by atoms with E-state index in [1.165, 1.54) is 103 Å². The lowest BCUT2D eigenvalue weighted by Crippen LogP contribution is -2.22. The van der Waals surface area contributed by atoms with E-state index >= 15 is 0 Å². The number of rotatable bonds is 39. The van der Waals surface area contributed by atoms with Crippen molar-refractivity contribution < 1.29 is 28.6 Å². The number of ether oxygens (including phenoxy) is 3. The van der Waals surface area contributed by atoms with E-state index in [9.17, 15) is 14.4 Å². The van der Waals surface area contributed by atoms with Crippen molar-refractivity contribution in [3.05, 3.63) is 0 Å². The van der Waals surface area contributed by atoms with Gasteiger partial charge in [-0.15, -0.1) is 0 Å². The van der Waals surface area contributed by atoms with Gasteiger partial charge in [-0.1, -0.05) is 129 Å². The molecule has 0 saturated heterocycles. The van der Waals surface area contributed by atoms with Gasteiger partial charge in [0, 0.05) is 30.8 Å². The molecule has 0 bridgehead atoms. The molecule has 2 saturated carbocycles. The lowest BCUT2D eigenvalue weighted by molar-refractivity contribution is -0.150. The smallest absolute Gasteiger partial charge is 0.306 e. The first-order valence-corrected chi connectivity index (χ1v) is 28.0. The van der Waals surface area contributed by atoms with Crippen LogP contribution >= 0.6 is 23.5 Å². The summed E-state index contributed by atoms with van der Waals surface area (Å²) in [6.07, 6.45) is 37.8. The molecule has 0 amide bonds. The second-order valence-corrected chi connectivity index (χ2v) is 21.2. The van der Waals surface area contributed by atoms with Crippen molar-refractivity contribution in [2.24, 2.45) is 11.8 Å². The zero-order valence-electron chi connectivity index (χ0n) is 39.7. The number of carbonyl (C=O) groups is 3. The van der Waals surface area contributed by atoms with Crippen molar-refractivity contribution in [1.82, 2.24) is 4.90 Å². The molecule has 9 heteroatoms.